The van der Waals surface area contributed by atoms with Crippen LogP contribution in [-0.4, -0.2) is 53.9 Å². The second-order valence-corrected chi connectivity index (χ2v) is 4.75. The Labute approximate surface area is 125 Å². The molecule has 0 radical (unpaired) electrons. The number of ether oxygens (including phenoxy) is 1. The molecule has 1 aliphatic rings. The molecule has 4 atom stereocenters. The van der Waals surface area contributed by atoms with Gasteiger partial charge in [0.1, 0.15) is 12.0 Å². The van der Waals surface area contributed by atoms with Crippen molar-refractivity contribution >= 4 is 35.1 Å². The highest BCUT2D eigenvalue weighted by Crippen LogP contribution is 2.27. The van der Waals surface area contributed by atoms with Crippen molar-refractivity contribution in [1.82, 2.24) is 10.2 Å². The average Bonchev–Trinajstić information content (AvgIpc) is 2.76. The van der Waals surface area contributed by atoms with Gasteiger partial charge >= 0.3 is 0 Å². The lowest BCUT2D eigenvalue weighted by atomic mass is 10.1. The fourth-order valence-electron chi connectivity index (χ4n) is 1.75. The van der Waals surface area contributed by atoms with Crippen molar-refractivity contribution in [3.63, 3.8) is 0 Å². The number of rotatable bonds is 5. The van der Waals surface area contributed by atoms with Crippen molar-refractivity contribution in [3.05, 3.63) is 12.3 Å². The van der Waals surface area contributed by atoms with Crippen LogP contribution in [0.2, 0.25) is 0 Å². The first kappa shape index (κ1) is 16.3. The average molecular weight is 385 g/mol. The van der Waals surface area contributed by atoms with E-state index in [2.05, 4.69) is 8.52 Å². The van der Waals surface area contributed by atoms with Crippen LogP contribution in [0, 0.1) is 0 Å². The fraction of sp³-hybridized carbons (Fsp3) is 0.636. The summed E-state index contributed by atoms with van der Waals surface area (Å²) in [6.45, 7) is 1.57. The van der Waals surface area contributed by atoms with Gasteiger partial charge in [0, 0.05) is 19.7 Å². The minimum Gasteiger partial charge on any atom is -0.391 e. The van der Waals surface area contributed by atoms with Crippen LogP contribution in [0.15, 0.2) is 15.5 Å². The molecule has 0 aromatic heterocycles. The minimum absolute atomic E-state index is 0.167. The van der Waals surface area contributed by atoms with E-state index >= 15 is 0 Å². The summed E-state index contributed by atoms with van der Waals surface area (Å²) in [7, 11) is 1.66. The van der Waals surface area contributed by atoms with Crippen LogP contribution in [0.25, 0.3) is 0 Å². The lowest BCUT2D eigenvalue weighted by Gasteiger charge is -2.24. The summed E-state index contributed by atoms with van der Waals surface area (Å²) in [5.41, 5.74) is 0. The Bertz CT molecular complexity index is 365. The number of nitrogens with one attached hydrogen (secondary N) is 1. The summed E-state index contributed by atoms with van der Waals surface area (Å²) in [5.74, 6) is 0.350. The normalized spacial score (nSPS) is 29.5. The van der Waals surface area contributed by atoms with Gasteiger partial charge in [-0.05, 0) is 13.0 Å². The van der Waals surface area contributed by atoms with Gasteiger partial charge in [-0.3, -0.25) is 4.79 Å². The molecule has 0 aliphatic carbocycles. The first-order valence-electron chi connectivity index (χ1n) is 5.76. The molecule has 0 bridgehead atoms. The quantitative estimate of drug-likeness (QED) is 0.317. The van der Waals surface area contributed by atoms with Gasteiger partial charge in [0.15, 0.2) is 6.23 Å². The minimum atomic E-state index is -1.17. The van der Waals surface area contributed by atoms with Crippen molar-refractivity contribution < 1.29 is 19.0 Å². The second-order valence-electron chi connectivity index (χ2n) is 4.27. The van der Waals surface area contributed by atoms with Gasteiger partial charge in [-0.25, -0.2) is 4.39 Å². The number of aliphatic hydroxyl groups is 1. The van der Waals surface area contributed by atoms with Crippen molar-refractivity contribution in [3.8, 4) is 0 Å². The molecule has 1 heterocycles. The van der Waals surface area contributed by atoms with Crippen LogP contribution >= 0.6 is 22.9 Å². The van der Waals surface area contributed by atoms with Crippen molar-refractivity contribution in [2.45, 2.75) is 38.0 Å². The van der Waals surface area contributed by atoms with Gasteiger partial charge in [-0.1, -0.05) is 0 Å². The maximum atomic E-state index is 13.8. The molecule has 0 aromatic rings. The zero-order chi connectivity index (χ0) is 14.4. The molecule has 19 heavy (non-hydrogen) atoms. The number of carbonyl (C=O) groups excluding carboxylic acids is 1. The van der Waals surface area contributed by atoms with Crippen LogP contribution in [-0.2, 0) is 9.53 Å². The number of halogens is 2. The van der Waals surface area contributed by atoms with Crippen LogP contribution in [0.1, 0.15) is 13.3 Å². The molecule has 8 heteroatoms. The molecule has 1 rings (SSSR count). The summed E-state index contributed by atoms with van der Waals surface area (Å²) in [6, 6.07) is 0. The topological polar surface area (TPSA) is 74.2 Å². The highest BCUT2D eigenvalue weighted by atomic mass is 127. The molecule has 1 fully saturated rings. The Kier molecular flexibility index (Phi) is 6.66. The maximum absolute atomic E-state index is 13.8. The van der Waals surface area contributed by atoms with Gasteiger partial charge in [-0.15, -0.1) is 0 Å². The predicted octanol–water partition coefficient (Wildman–Crippen LogP) is 0.760. The number of alkyl halides is 1. The molecule has 0 spiro atoms. The van der Waals surface area contributed by atoms with E-state index in [1.54, 1.807) is 47.9 Å². The summed E-state index contributed by atoms with van der Waals surface area (Å²) < 4.78 is 23.0. The Balaban J connectivity index is 2.60. The largest absolute Gasteiger partial charge is 0.391 e. The lowest BCUT2D eigenvalue weighted by Crippen LogP contribution is -2.34. The highest BCUT2D eigenvalue weighted by Gasteiger charge is 2.39. The van der Waals surface area contributed by atoms with Gasteiger partial charge in [-0.2, -0.15) is 3.21 Å². The third kappa shape index (κ3) is 4.69. The molecule has 1 amide bonds. The first-order valence-corrected chi connectivity index (χ1v) is 6.73. The number of amidine groups is 1. The number of nitrogens with zero attached hydrogens (tertiary/aromatic N) is 2. The second kappa shape index (κ2) is 7.75. The van der Waals surface area contributed by atoms with E-state index in [-0.39, 0.29) is 6.42 Å². The Hall–Kier alpha value is -0.740. The number of hydrogen-bond acceptors (Lipinski definition) is 5. The van der Waals surface area contributed by atoms with E-state index in [9.17, 15) is 14.3 Å². The van der Waals surface area contributed by atoms with Crippen LogP contribution in [0.5, 0.6) is 0 Å². The first-order chi connectivity index (χ1) is 8.99. The standard InChI is InChI=1S/C11H17FIN3O3/c1-7(18)9-5-8(12)11(19-9)16(2)4-3-10(15-13)14-6-17/h3-4,6-9,11,18H,5H2,1-2H3,(H,14,15,17)/b4-3-. The third-order valence-corrected chi connectivity index (χ3v) is 3.31. The maximum Gasteiger partial charge on any atom is 0.212 e. The Morgan fingerprint density at radius 2 is 2.42 bits per heavy atom. The molecule has 0 saturated carbocycles. The molecular weight excluding hydrogens is 368 g/mol. The molecule has 6 nitrogen and oxygen atoms in total. The number of aliphatic hydroxyl groups excluding tert-OH is 1. The van der Waals surface area contributed by atoms with Crippen molar-refractivity contribution in [2.75, 3.05) is 7.05 Å². The summed E-state index contributed by atoms with van der Waals surface area (Å²) >= 11 is 1.74. The molecular formula is C11H17FIN3O3. The zero-order valence-corrected chi connectivity index (χ0v) is 12.8. The third-order valence-electron chi connectivity index (χ3n) is 2.79. The summed E-state index contributed by atoms with van der Waals surface area (Å²) in [6.07, 6.45) is 0.652. The molecule has 1 saturated heterocycles. The van der Waals surface area contributed by atoms with E-state index in [4.69, 9.17) is 4.74 Å². The monoisotopic (exact) mass is 385 g/mol. The van der Waals surface area contributed by atoms with Gasteiger partial charge in [0.2, 0.25) is 6.41 Å². The van der Waals surface area contributed by atoms with Crippen molar-refractivity contribution in [2.24, 2.45) is 3.21 Å². The summed E-state index contributed by atoms with van der Waals surface area (Å²) in [4.78, 5) is 11.8. The van der Waals surface area contributed by atoms with E-state index in [0.717, 1.165) is 0 Å². The van der Waals surface area contributed by atoms with E-state index in [1.807, 2.05) is 0 Å². The summed E-state index contributed by atoms with van der Waals surface area (Å²) in [5, 5.41) is 11.8. The van der Waals surface area contributed by atoms with Crippen molar-refractivity contribution in [1.29, 1.82) is 0 Å². The van der Waals surface area contributed by atoms with Crippen LogP contribution in [0.4, 0.5) is 4.39 Å². The van der Waals surface area contributed by atoms with E-state index in [0.29, 0.717) is 12.2 Å². The van der Waals surface area contributed by atoms with E-state index < -0.39 is 24.6 Å². The fourth-order valence-corrected chi connectivity index (χ4v) is 2.05. The van der Waals surface area contributed by atoms with E-state index in [1.165, 1.54) is 6.08 Å². The SMILES string of the molecule is CC(O)C1CC(F)C(N(C)/C=C\C(=N/I)NC=O)O1. The zero-order valence-electron chi connectivity index (χ0n) is 10.7. The Morgan fingerprint density at radius 3 is 2.89 bits per heavy atom. The highest BCUT2D eigenvalue weighted by molar-refractivity contribution is 14.1. The predicted molar refractivity (Wildman–Crippen MR) is 77.4 cm³/mol. The Morgan fingerprint density at radius 1 is 1.74 bits per heavy atom. The smallest absolute Gasteiger partial charge is 0.212 e. The number of amides is 1. The van der Waals surface area contributed by atoms with Gasteiger partial charge in [0.25, 0.3) is 0 Å². The number of carbonyl (C=O) groups is 1. The van der Waals surface area contributed by atoms with Gasteiger partial charge < -0.3 is 20.1 Å². The molecule has 1 aliphatic heterocycles. The molecule has 0 aromatic carbocycles. The number of hydrogen-bond donors (Lipinski definition) is 2. The lowest BCUT2D eigenvalue weighted by molar-refractivity contribution is -0.108. The molecule has 2 N–H and O–H groups in total. The molecule has 108 valence electrons. The van der Waals surface area contributed by atoms with Gasteiger partial charge in [0.05, 0.1) is 35.1 Å². The van der Waals surface area contributed by atoms with Crippen LogP contribution < -0.4 is 5.32 Å². The molecule has 4 unspecified atom stereocenters. The van der Waals surface area contributed by atoms with Crippen LogP contribution in [0.3, 0.4) is 0 Å².